The Morgan fingerprint density at radius 1 is 1.36 bits per heavy atom. The second-order valence-corrected chi connectivity index (χ2v) is 6.76. The van der Waals surface area contributed by atoms with Crippen LogP contribution in [0.25, 0.3) is 0 Å². The van der Waals surface area contributed by atoms with E-state index in [1.54, 1.807) is 7.11 Å². The highest BCUT2D eigenvalue weighted by atomic mass is 35.5. The van der Waals surface area contributed by atoms with Crippen molar-refractivity contribution in [1.82, 2.24) is 15.1 Å². The average Bonchev–Trinajstić information content (AvgIpc) is 2.82. The quantitative estimate of drug-likeness (QED) is 0.814. The lowest BCUT2D eigenvalue weighted by atomic mass is 10.1. The standard InChI is InChI=1S/C19H26ClN3O2/c1-12-10-16(6-7-17(12)25-5)8-9-21-18(24)11-13(2)23-15(4)19(20)14(3)22-23/h6-7,10,13H,8-9,11H2,1-5H3,(H,21,24)/t13-/m1/s1. The number of carbonyl (C=O) groups is 1. The number of carbonyl (C=O) groups excluding carboxylic acids is 1. The van der Waals surface area contributed by atoms with Crippen LogP contribution in [0.1, 0.15) is 41.9 Å². The van der Waals surface area contributed by atoms with Crippen molar-refractivity contribution in [2.75, 3.05) is 13.7 Å². The second kappa shape index (κ2) is 8.39. The van der Waals surface area contributed by atoms with Crippen molar-refractivity contribution < 1.29 is 9.53 Å². The van der Waals surface area contributed by atoms with Gasteiger partial charge in [0, 0.05) is 13.0 Å². The van der Waals surface area contributed by atoms with E-state index in [2.05, 4.69) is 16.5 Å². The van der Waals surface area contributed by atoms with Gasteiger partial charge in [0.25, 0.3) is 0 Å². The number of ether oxygens (including phenoxy) is 1. The Labute approximate surface area is 154 Å². The van der Waals surface area contributed by atoms with Crippen LogP contribution < -0.4 is 10.1 Å². The lowest BCUT2D eigenvalue weighted by Gasteiger charge is -2.14. The molecule has 1 heterocycles. The summed E-state index contributed by atoms with van der Waals surface area (Å²) < 4.78 is 7.08. The number of benzene rings is 1. The van der Waals surface area contributed by atoms with Gasteiger partial charge in [-0.25, -0.2) is 0 Å². The molecule has 2 rings (SSSR count). The summed E-state index contributed by atoms with van der Waals surface area (Å²) >= 11 is 6.17. The Balaban J connectivity index is 1.84. The second-order valence-electron chi connectivity index (χ2n) is 6.39. The Hall–Kier alpha value is -2.01. The number of nitrogens with zero attached hydrogens (tertiary/aromatic N) is 2. The van der Waals surface area contributed by atoms with Gasteiger partial charge in [-0.1, -0.05) is 23.7 Å². The highest BCUT2D eigenvalue weighted by Gasteiger charge is 2.17. The van der Waals surface area contributed by atoms with E-state index in [0.29, 0.717) is 18.0 Å². The fourth-order valence-electron chi connectivity index (χ4n) is 2.94. The topological polar surface area (TPSA) is 56.1 Å². The molecule has 25 heavy (non-hydrogen) atoms. The number of aryl methyl sites for hydroxylation is 2. The van der Waals surface area contributed by atoms with Crippen molar-refractivity contribution in [3.8, 4) is 5.75 Å². The summed E-state index contributed by atoms with van der Waals surface area (Å²) in [6.07, 6.45) is 1.16. The molecule has 0 fully saturated rings. The summed E-state index contributed by atoms with van der Waals surface area (Å²) in [6, 6.07) is 6.04. The molecule has 1 aromatic heterocycles. The molecule has 0 saturated carbocycles. The van der Waals surface area contributed by atoms with Crippen LogP contribution in [0.15, 0.2) is 18.2 Å². The lowest BCUT2D eigenvalue weighted by molar-refractivity contribution is -0.121. The van der Waals surface area contributed by atoms with Crippen molar-refractivity contribution in [2.45, 2.75) is 46.6 Å². The smallest absolute Gasteiger partial charge is 0.222 e. The summed E-state index contributed by atoms with van der Waals surface area (Å²) in [7, 11) is 1.67. The monoisotopic (exact) mass is 363 g/mol. The van der Waals surface area contributed by atoms with Crippen LogP contribution in [0.2, 0.25) is 5.02 Å². The maximum absolute atomic E-state index is 12.2. The van der Waals surface area contributed by atoms with Gasteiger partial charge >= 0.3 is 0 Å². The molecule has 0 radical (unpaired) electrons. The maximum Gasteiger partial charge on any atom is 0.222 e. The SMILES string of the molecule is COc1ccc(CCNC(=O)C[C@@H](C)n2nc(C)c(Cl)c2C)cc1C. The normalized spacial score (nSPS) is 12.1. The van der Waals surface area contributed by atoms with E-state index in [9.17, 15) is 4.79 Å². The van der Waals surface area contributed by atoms with E-state index in [-0.39, 0.29) is 11.9 Å². The van der Waals surface area contributed by atoms with E-state index >= 15 is 0 Å². The van der Waals surface area contributed by atoms with E-state index in [1.165, 1.54) is 5.56 Å². The van der Waals surface area contributed by atoms with Crippen LogP contribution in [0.3, 0.4) is 0 Å². The first kappa shape index (κ1) is 19.3. The number of halogens is 1. The summed E-state index contributed by atoms with van der Waals surface area (Å²) in [5.41, 5.74) is 3.97. The van der Waals surface area contributed by atoms with Gasteiger partial charge in [-0.3, -0.25) is 9.48 Å². The third-order valence-corrected chi connectivity index (χ3v) is 4.88. The molecule has 5 nitrogen and oxygen atoms in total. The fourth-order valence-corrected chi connectivity index (χ4v) is 3.07. The van der Waals surface area contributed by atoms with Crippen LogP contribution in [0.4, 0.5) is 0 Å². The molecule has 6 heteroatoms. The molecule has 2 aromatic rings. The minimum absolute atomic E-state index is 0.0152. The minimum Gasteiger partial charge on any atom is -0.496 e. The van der Waals surface area contributed by atoms with Crippen LogP contribution >= 0.6 is 11.6 Å². The van der Waals surface area contributed by atoms with Crippen LogP contribution in [0.5, 0.6) is 5.75 Å². The van der Waals surface area contributed by atoms with Crippen molar-refractivity contribution in [3.05, 3.63) is 45.7 Å². The predicted octanol–water partition coefficient (Wildman–Crippen LogP) is 3.78. The van der Waals surface area contributed by atoms with Gasteiger partial charge in [0.1, 0.15) is 5.75 Å². The number of amides is 1. The number of hydrogen-bond donors (Lipinski definition) is 1. The number of rotatable bonds is 7. The average molecular weight is 364 g/mol. The summed E-state index contributed by atoms with van der Waals surface area (Å²) in [5.74, 6) is 0.895. The van der Waals surface area contributed by atoms with E-state index in [4.69, 9.17) is 16.3 Å². The van der Waals surface area contributed by atoms with Crippen molar-refractivity contribution in [2.24, 2.45) is 0 Å². The molecule has 0 unspecified atom stereocenters. The van der Waals surface area contributed by atoms with Crippen LogP contribution in [-0.4, -0.2) is 29.3 Å². The lowest BCUT2D eigenvalue weighted by Crippen LogP contribution is -2.28. The Morgan fingerprint density at radius 3 is 2.64 bits per heavy atom. The van der Waals surface area contributed by atoms with E-state index < -0.39 is 0 Å². The molecule has 1 atom stereocenters. The zero-order chi connectivity index (χ0) is 18.6. The van der Waals surface area contributed by atoms with Gasteiger partial charge < -0.3 is 10.1 Å². The van der Waals surface area contributed by atoms with Crippen LogP contribution in [-0.2, 0) is 11.2 Å². The van der Waals surface area contributed by atoms with Gasteiger partial charge in [0.2, 0.25) is 5.91 Å². The van der Waals surface area contributed by atoms with Crippen LogP contribution in [0, 0.1) is 20.8 Å². The Morgan fingerprint density at radius 2 is 2.08 bits per heavy atom. The molecule has 1 N–H and O–H groups in total. The van der Waals surface area contributed by atoms with Gasteiger partial charge in [-0.2, -0.15) is 5.10 Å². The Bertz CT molecular complexity index is 755. The summed E-state index contributed by atoms with van der Waals surface area (Å²) in [5, 5.41) is 8.05. The largest absolute Gasteiger partial charge is 0.496 e. The number of hydrogen-bond acceptors (Lipinski definition) is 3. The molecular formula is C19H26ClN3O2. The predicted molar refractivity (Wildman–Crippen MR) is 100 cm³/mol. The Kier molecular flexibility index (Phi) is 6.48. The first-order chi connectivity index (χ1) is 11.8. The molecule has 0 saturated heterocycles. The highest BCUT2D eigenvalue weighted by molar-refractivity contribution is 6.31. The maximum atomic E-state index is 12.2. The highest BCUT2D eigenvalue weighted by Crippen LogP contribution is 2.23. The third-order valence-electron chi connectivity index (χ3n) is 4.33. The minimum atomic E-state index is -0.0329. The summed E-state index contributed by atoms with van der Waals surface area (Å²) in [6.45, 7) is 8.39. The molecule has 136 valence electrons. The van der Waals surface area contributed by atoms with Gasteiger partial charge in [0.15, 0.2) is 0 Å². The molecular weight excluding hydrogens is 338 g/mol. The molecule has 1 amide bonds. The van der Waals surface area contributed by atoms with Gasteiger partial charge in [0.05, 0.1) is 29.6 Å². The number of aromatic nitrogens is 2. The first-order valence-electron chi connectivity index (χ1n) is 8.45. The molecule has 0 aliphatic carbocycles. The summed E-state index contributed by atoms with van der Waals surface area (Å²) in [4.78, 5) is 12.2. The van der Waals surface area contributed by atoms with Crippen molar-refractivity contribution in [3.63, 3.8) is 0 Å². The zero-order valence-corrected chi connectivity index (χ0v) is 16.3. The zero-order valence-electron chi connectivity index (χ0n) is 15.5. The number of methoxy groups -OCH3 is 1. The molecule has 0 spiro atoms. The number of nitrogens with one attached hydrogen (secondary N) is 1. The molecule has 1 aromatic carbocycles. The molecule has 0 bridgehead atoms. The van der Waals surface area contributed by atoms with E-state index in [1.807, 2.05) is 44.5 Å². The fraction of sp³-hybridized carbons (Fsp3) is 0.474. The van der Waals surface area contributed by atoms with Crippen molar-refractivity contribution >= 4 is 17.5 Å². The van der Waals surface area contributed by atoms with E-state index in [0.717, 1.165) is 29.1 Å². The molecule has 0 aliphatic rings. The van der Waals surface area contributed by atoms with Gasteiger partial charge in [-0.15, -0.1) is 0 Å². The third kappa shape index (κ3) is 4.75. The van der Waals surface area contributed by atoms with Gasteiger partial charge in [-0.05, 0) is 51.3 Å². The van der Waals surface area contributed by atoms with Crippen molar-refractivity contribution in [1.29, 1.82) is 0 Å². The molecule has 0 aliphatic heterocycles. The first-order valence-corrected chi connectivity index (χ1v) is 8.82.